The van der Waals surface area contributed by atoms with Gasteiger partial charge in [-0.3, -0.25) is 0 Å². The summed E-state index contributed by atoms with van der Waals surface area (Å²) < 4.78 is 12.5. The topological polar surface area (TPSA) is 33.7 Å². The maximum atomic E-state index is 6.23. The van der Waals surface area contributed by atoms with E-state index in [-0.39, 0.29) is 0 Å². The molecule has 0 fully saturated rings. The number of hydrogen-bond donors (Lipinski definition) is 1. The number of hydrogen-bond acceptors (Lipinski definition) is 4. The number of methoxy groups -OCH3 is 1. The quantitative estimate of drug-likeness (QED) is 0.351. The molecule has 0 spiro atoms. The van der Waals surface area contributed by atoms with E-state index < -0.39 is 0 Å². The molecule has 0 unspecified atom stereocenters. The minimum Gasteiger partial charge on any atom is -0.493 e. The SMILES string of the molecule is CCN(CC)CCCNCc1cc(OC)c(OCc2ccc(Cl)cc2Cl)cc1Br. The predicted molar refractivity (Wildman–Crippen MR) is 126 cm³/mol. The van der Waals surface area contributed by atoms with Crippen molar-refractivity contribution in [1.82, 2.24) is 10.2 Å². The molecule has 160 valence electrons. The van der Waals surface area contributed by atoms with E-state index >= 15 is 0 Å². The molecule has 0 bridgehead atoms. The second-order valence-electron chi connectivity index (χ2n) is 6.68. The van der Waals surface area contributed by atoms with E-state index in [0.29, 0.717) is 28.2 Å². The molecule has 0 heterocycles. The fourth-order valence-electron chi connectivity index (χ4n) is 2.97. The summed E-state index contributed by atoms with van der Waals surface area (Å²) in [4.78, 5) is 2.43. The minimum atomic E-state index is 0.335. The Kier molecular flexibility index (Phi) is 10.6. The summed E-state index contributed by atoms with van der Waals surface area (Å²) in [5.41, 5.74) is 2.00. The van der Waals surface area contributed by atoms with Gasteiger partial charge in [0.05, 0.1) is 7.11 Å². The highest BCUT2D eigenvalue weighted by molar-refractivity contribution is 9.10. The molecule has 0 amide bonds. The van der Waals surface area contributed by atoms with Crippen LogP contribution in [0.1, 0.15) is 31.4 Å². The van der Waals surface area contributed by atoms with Gasteiger partial charge in [-0.2, -0.15) is 0 Å². The molecule has 0 saturated heterocycles. The van der Waals surface area contributed by atoms with Gasteiger partial charge in [-0.1, -0.05) is 59.0 Å². The third-order valence-corrected chi connectivity index (χ3v) is 6.09. The van der Waals surface area contributed by atoms with Gasteiger partial charge in [-0.15, -0.1) is 0 Å². The van der Waals surface area contributed by atoms with E-state index in [2.05, 4.69) is 40.0 Å². The van der Waals surface area contributed by atoms with Crippen LogP contribution in [0.3, 0.4) is 0 Å². The van der Waals surface area contributed by atoms with E-state index in [1.165, 1.54) is 0 Å². The van der Waals surface area contributed by atoms with Crippen molar-refractivity contribution in [3.8, 4) is 11.5 Å². The fraction of sp³-hybridized carbons (Fsp3) is 0.455. The molecule has 2 aromatic rings. The highest BCUT2D eigenvalue weighted by atomic mass is 79.9. The van der Waals surface area contributed by atoms with Crippen LogP contribution in [-0.4, -0.2) is 38.2 Å². The molecule has 0 aromatic heterocycles. The van der Waals surface area contributed by atoms with Crippen molar-refractivity contribution < 1.29 is 9.47 Å². The summed E-state index contributed by atoms with van der Waals surface area (Å²) in [6, 6.07) is 9.32. The summed E-state index contributed by atoms with van der Waals surface area (Å²) in [7, 11) is 1.65. The van der Waals surface area contributed by atoms with Crippen LogP contribution in [0, 0.1) is 0 Å². The van der Waals surface area contributed by atoms with E-state index in [9.17, 15) is 0 Å². The first kappa shape index (κ1) is 24.3. The van der Waals surface area contributed by atoms with Crippen molar-refractivity contribution >= 4 is 39.1 Å². The number of ether oxygens (including phenoxy) is 2. The van der Waals surface area contributed by atoms with Gasteiger partial charge in [0.25, 0.3) is 0 Å². The van der Waals surface area contributed by atoms with Crippen LogP contribution in [0.15, 0.2) is 34.8 Å². The van der Waals surface area contributed by atoms with Gasteiger partial charge >= 0.3 is 0 Å². The van der Waals surface area contributed by atoms with Crippen molar-refractivity contribution in [2.24, 2.45) is 0 Å². The standard InChI is InChI=1S/C22H29BrCl2N2O2/c1-4-27(5-2)10-6-9-26-14-17-11-21(28-3)22(13-19(17)23)29-15-16-7-8-18(24)12-20(16)25/h7-8,11-13,26H,4-6,9-10,14-15H2,1-3H3. The second-order valence-corrected chi connectivity index (χ2v) is 8.37. The predicted octanol–water partition coefficient (Wildman–Crippen LogP) is 6.17. The van der Waals surface area contributed by atoms with Gasteiger partial charge in [0.15, 0.2) is 11.5 Å². The lowest BCUT2D eigenvalue weighted by Crippen LogP contribution is -2.27. The number of rotatable bonds is 12. The van der Waals surface area contributed by atoms with Crippen LogP contribution < -0.4 is 14.8 Å². The van der Waals surface area contributed by atoms with Crippen LogP contribution >= 0.6 is 39.1 Å². The number of nitrogens with zero attached hydrogens (tertiary/aromatic N) is 1. The summed E-state index contributed by atoms with van der Waals surface area (Å²) in [6.45, 7) is 9.78. The molecule has 29 heavy (non-hydrogen) atoms. The first-order chi connectivity index (χ1) is 14.0. The van der Waals surface area contributed by atoms with Crippen LogP contribution in [0.5, 0.6) is 11.5 Å². The summed E-state index contributed by atoms with van der Waals surface area (Å²) in [5, 5.41) is 4.69. The van der Waals surface area contributed by atoms with Crippen molar-refractivity contribution in [1.29, 1.82) is 0 Å². The van der Waals surface area contributed by atoms with Crippen molar-refractivity contribution in [3.05, 3.63) is 56.0 Å². The van der Waals surface area contributed by atoms with Gasteiger partial charge in [0, 0.05) is 26.6 Å². The maximum absolute atomic E-state index is 6.23. The molecule has 0 aliphatic carbocycles. The Hall–Kier alpha value is -0.980. The summed E-state index contributed by atoms with van der Waals surface area (Å²) >= 11 is 15.8. The van der Waals surface area contributed by atoms with Crippen LogP contribution in [0.4, 0.5) is 0 Å². The van der Waals surface area contributed by atoms with Crippen LogP contribution in [0.25, 0.3) is 0 Å². The van der Waals surface area contributed by atoms with E-state index in [0.717, 1.165) is 54.7 Å². The lowest BCUT2D eigenvalue weighted by molar-refractivity contribution is 0.284. The summed E-state index contributed by atoms with van der Waals surface area (Å²) in [6.07, 6.45) is 1.12. The zero-order valence-electron chi connectivity index (χ0n) is 17.2. The lowest BCUT2D eigenvalue weighted by Gasteiger charge is -2.18. The average Bonchev–Trinajstić information content (AvgIpc) is 2.71. The highest BCUT2D eigenvalue weighted by Crippen LogP contribution is 2.34. The van der Waals surface area contributed by atoms with E-state index in [1.807, 2.05) is 18.2 Å². The van der Waals surface area contributed by atoms with Gasteiger partial charge in [-0.25, -0.2) is 0 Å². The molecule has 1 N–H and O–H groups in total. The molecule has 0 aliphatic heterocycles. The van der Waals surface area contributed by atoms with E-state index in [1.54, 1.807) is 19.2 Å². The molecular weight excluding hydrogens is 475 g/mol. The second kappa shape index (κ2) is 12.7. The molecule has 0 atom stereocenters. The van der Waals surface area contributed by atoms with Gasteiger partial charge in [0.1, 0.15) is 6.61 Å². The Bertz CT molecular complexity index is 786. The molecule has 0 saturated carbocycles. The lowest BCUT2D eigenvalue weighted by atomic mass is 10.2. The Balaban J connectivity index is 1.94. The Morgan fingerprint density at radius 3 is 2.45 bits per heavy atom. The first-order valence-corrected chi connectivity index (χ1v) is 11.4. The number of nitrogens with one attached hydrogen (secondary N) is 1. The van der Waals surface area contributed by atoms with Crippen molar-refractivity contribution in [2.45, 2.75) is 33.4 Å². The zero-order chi connectivity index (χ0) is 21.2. The zero-order valence-corrected chi connectivity index (χ0v) is 20.3. The highest BCUT2D eigenvalue weighted by Gasteiger charge is 2.12. The van der Waals surface area contributed by atoms with E-state index in [4.69, 9.17) is 32.7 Å². The van der Waals surface area contributed by atoms with Crippen LogP contribution in [0.2, 0.25) is 10.0 Å². The molecule has 0 radical (unpaired) electrons. The molecule has 2 rings (SSSR count). The minimum absolute atomic E-state index is 0.335. The normalized spacial score (nSPS) is 11.1. The number of halogens is 3. The third-order valence-electron chi connectivity index (χ3n) is 4.77. The maximum Gasteiger partial charge on any atom is 0.162 e. The fourth-order valence-corrected chi connectivity index (χ4v) is 3.90. The molecule has 2 aromatic carbocycles. The van der Waals surface area contributed by atoms with Crippen molar-refractivity contribution in [2.75, 3.05) is 33.3 Å². The largest absolute Gasteiger partial charge is 0.493 e. The molecule has 0 aliphatic rings. The van der Waals surface area contributed by atoms with Gasteiger partial charge in [-0.05, 0) is 62.4 Å². The van der Waals surface area contributed by atoms with Gasteiger partial charge < -0.3 is 19.7 Å². The third kappa shape index (κ3) is 7.65. The smallest absolute Gasteiger partial charge is 0.162 e. The first-order valence-electron chi connectivity index (χ1n) is 9.84. The van der Waals surface area contributed by atoms with Crippen LogP contribution in [-0.2, 0) is 13.2 Å². The number of benzene rings is 2. The van der Waals surface area contributed by atoms with Gasteiger partial charge in [0.2, 0.25) is 0 Å². The molecule has 7 heteroatoms. The average molecular weight is 504 g/mol. The monoisotopic (exact) mass is 502 g/mol. The summed E-state index contributed by atoms with van der Waals surface area (Å²) in [5.74, 6) is 1.36. The Morgan fingerprint density at radius 1 is 1.03 bits per heavy atom. The van der Waals surface area contributed by atoms with Crippen molar-refractivity contribution in [3.63, 3.8) is 0 Å². The Morgan fingerprint density at radius 2 is 1.79 bits per heavy atom. The molecular formula is C22H29BrCl2N2O2. The molecule has 4 nitrogen and oxygen atoms in total. The Labute approximate surface area is 192 Å².